The number of rotatable bonds is 2. The van der Waals surface area contributed by atoms with Crippen molar-refractivity contribution in [1.82, 2.24) is 4.98 Å². The van der Waals surface area contributed by atoms with E-state index < -0.39 is 0 Å². The molecule has 2 aromatic carbocycles. The van der Waals surface area contributed by atoms with Gasteiger partial charge >= 0.3 is 0 Å². The Labute approximate surface area is 108 Å². The number of azo groups is 1. The number of hydrogen-bond acceptors (Lipinski definition) is 5. The normalized spacial score (nSPS) is 11.3. The molecule has 0 amide bonds. The first kappa shape index (κ1) is 10.9. The minimum absolute atomic E-state index is 0.571. The van der Waals surface area contributed by atoms with Gasteiger partial charge in [-0.1, -0.05) is 29.5 Å². The number of thiazole rings is 1. The van der Waals surface area contributed by atoms with Crippen molar-refractivity contribution in [3.8, 4) is 0 Å². The molecule has 1 aromatic heterocycles. The van der Waals surface area contributed by atoms with E-state index in [-0.39, 0.29) is 0 Å². The summed E-state index contributed by atoms with van der Waals surface area (Å²) >= 11 is 1.45. The summed E-state index contributed by atoms with van der Waals surface area (Å²) in [7, 11) is 0. The Morgan fingerprint density at radius 1 is 0.944 bits per heavy atom. The SMILES string of the molecule is Nc1nc2ccc(/N=N/c3ccccc3)cc2s1. The molecule has 0 aliphatic rings. The molecule has 0 bridgehead atoms. The van der Waals surface area contributed by atoms with Crippen LogP contribution in [0.3, 0.4) is 0 Å². The number of nitrogen functional groups attached to an aromatic ring is 1. The molecule has 0 unspecified atom stereocenters. The quantitative estimate of drug-likeness (QED) is 0.693. The van der Waals surface area contributed by atoms with E-state index in [1.165, 1.54) is 11.3 Å². The third kappa shape index (κ3) is 2.21. The number of nitrogens with zero attached hydrogens (tertiary/aromatic N) is 3. The zero-order valence-electron chi connectivity index (χ0n) is 9.45. The Kier molecular flexibility index (Phi) is 2.74. The third-order valence-electron chi connectivity index (χ3n) is 2.43. The smallest absolute Gasteiger partial charge is 0.181 e. The number of hydrogen-bond donors (Lipinski definition) is 1. The van der Waals surface area contributed by atoms with Crippen LogP contribution >= 0.6 is 11.3 Å². The van der Waals surface area contributed by atoms with Gasteiger partial charge in [-0.3, -0.25) is 0 Å². The Bertz CT molecular complexity index is 703. The van der Waals surface area contributed by atoms with Crippen molar-refractivity contribution in [2.24, 2.45) is 10.2 Å². The van der Waals surface area contributed by atoms with Gasteiger partial charge < -0.3 is 5.73 Å². The van der Waals surface area contributed by atoms with E-state index in [1.54, 1.807) is 0 Å². The van der Waals surface area contributed by atoms with Crippen molar-refractivity contribution >= 4 is 38.1 Å². The van der Waals surface area contributed by atoms with Crippen LogP contribution in [0, 0.1) is 0 Å². The molecular weight excluding hydrogens is 244 g/mol. The molecule has 2 N–H and O–H groups in total. The fourth-order valence-corrected chi connectivity index (χ4v) is 2.37. The van der Waals surface area contributed by atoms with Crippen molar-refractivity contribution in [2.45, 2.75) is 0 Å². The van der Waals surface area contributed by atoms with Crippen molar-refractivity contribution in [1.29, 1.82) is 0 Å². The summed E-state index contributed by atoms with van der Waals surface area (Å²) in [6.45, 7) is 0. The monoisotopic (exact) mass is 254 g/mol. The summed E-state index contributed by atoms with van der Waals surface area (Å²) in [5, 5.41) is 8.94. The first-order valence-corrected chi connectivity index (χ1v) is 6.26. The maximum Gasteiger partial charge on any atom is 0.181 e. The second-order valence-corrected chi connectivity index (χ2v) is 4.80. The largest absolute Gasteiger partial charge is 0.375 e. The van der Waals surface area contributed by atoms with Crippen LogP contribution < -0.4 is 5.73 Å². The van der Waals surface area contributed by atoms with Gasteiger partial charge in [-0.2, -0.15) is 10.2 Å². The minimum Gasteiger partial charge on any atom is -0.375 e. The van der Waals surface area contributed by atoms with Crippen LogP contribution in [0.2, 0.25) is 0 Å². The van der Waals surface area contributed by atoms with E-state index in [1.807, 2.05) is 48.5 Å². The average molecular weight is 254 g/mol. The van der Waals surface area contributed by atoms with Crippen molar-refractivity contribution < 1.29 is 0 Å². The summed E-state index contributed by atoms with van der Waals surface area (Å²) in [5.74, 6) is 0. The standard InChI is InChI=1S/C13H10N4S/c14-13-15-11-7-6-10(8-12(11)18-13)17-16-9-4-2-1-3-5-9/h1-8H,(H2,14,15)/b17-16+. The maximum absolute atomic E-state index is 5.66. The van der Waals surface area contributed by atoms with Gasteiger partial charge in [0.15, 0.2) is 5.13 Å². The number of anilines is 1. The van der Waals surface area contributed by atoms with Gasteiger partial charge in [0.05, 0.1) is 21.6 Å². The Balaban J connectivity index is 1.93. The van der Waals surface area contributed by atoms with Crippen molar-refractivity contribution in [2.75, 3.05) is 5.73 Å². The molecule has 88 valence electrons. The van der Waals surface area contributed by atoms with Gasteiger partial charge in [0.2, 0.25) is 0 Å². The molecule has 0 aliphatic carbocycles. The second kappa shape index (κ2) is 4.54. The van der Waals surface area contributed by atoms with E-state index in [0.29, 0.717) is 5.13 Å². The van der Waals surface area contributed by atoms with E-state index in [9.17, 15) is 0 Å². The van der Waals surface area contributed by atoms with Crippen molar-refractivity contribution in [3.63, 3.8) is 0 Å². The van der Waals surface area contributed by atoms with E-state index >= 15 is 0 Å². The number of aromatic nitrogens is 1. The number of fused-ring (bicyclic) bond motifs is 1. The molecular formula is C13H10N4S. The lowest BCUT2D eigenvalue weighted by atomic mass is 10.3. The van der Waals surface area contributed by atoms with Crippen LogP contribution in [0.15, 0.2) is 58.8 Å². The minimum atomic E-state index is 0.571. The van der Waals surface area contributed by atoms with Gasteiger partial charge in [0.25, 0.3) is 0 Å². The topological polar surface area (TPSA) is 63.6 Å². The lowest BCUT2D eigenvalue weighted by molar-refractivity contribution is 1.23. The molecule has 5 heteroatoms. The van der Waals surface area contributed by atoms with Crippen LogP contribution in [-0.4, -0.2) is 4.98 Å². The summed E-state index contributed by atoms with van der Waals surface area (Å²) in [6.07, 6.45) is 0. The molecule has 0 radical (unpaired) electrons. The highest BCUT2D eigenvalue weighted by molar-refractivity contribution is 7.22. The van der Waals surface area contributed by atoms with Gasteiger partial charge in [0, 0.05) is 0 Å². The summed E-state index contributed by atoms with van der Waals surface area (Å²) < 4.78 is 1.03. The van der Waals surface area contributed by atoms with E-state index in [4.69, 9.17) is 5.73 Å². The summed E-state index contributed by atoms with van der Waals surface area (Å²) in [5.41, 5.74) is 8.19. The molecule has 4 nitrogen and oxygen atoms in total. The van der Waals surface area contributed by atoms with Gasteiger partial charge in [-0.15, -0.1) is 0 Å². The van der Waals surface area contributed by atoms with Crippen LogP contribution in [0.1, 0.15) is 0 Å². The highest BCUT2D eigenvalue weighted by atomic mass is 32.1. The van der Waals surface area contributed by atoms with Crippen LogP contribution in [0.4, 0.5) is 16.5 Å². The molecule has 0 saturated carbocycles. The predicted molar refractivity (Wildman–Crippen MR) is 74.7 cm³/mol. The van der Waals surface area contributed by atoms with Crippen LogP contribution in [0.5, 0.6) is 0 Å². The zero-order chi connectivity index (χ0) is 12.4. The fourth-order valence-electron chi connectivity index (χ4n) is 1.60. The first-order valence-electron chi connectivity index (χ1n) is 5.44. The molecule has 0 spiro atoms. The average Bonchev–Trinajstić information content (AvgIpc) is 2.77. The number of nitrogens with two attached hydrogens (primary N) is 1. The lowest BCUT2D eigenvalue weighted by Gasteiger charge is -1.93. The van der Waals surface area contributed by atoms with E-state index in [0.717, 1.165) is 21.6 Å². The molecule has 0 saturated heterocycles. The second-order valence-electron chi connectivity index (χ2n) is 3.74. The van der Waals surface area contributed by atoms with E-state index in [2.05, 4.69) is 15.2 Å². The first-order chi connectivity index (χ1) is 8.81. The predicted octanol–water partition coefficient (Wildman–Crippen LogP) is 4.29. The highest BCUT2D eigenvalue weighted by Gasteiger charge is 2.01. The highest BCUT2D eigenvalue weighted by Crippen LogP contribution is 2.28. The summed E-state index contributed by atoms with van der Waals surface area (Å²) in [6, 6.07) is 15.4. The Hall–Kier alpha value is -2.27. The molecule has 3 aromatic rings. The fraction of sp³-hybridized carbons (Fsp3) is 0. The molecule has 0 aliphatic heterocycles. The summed E-state index contributed by atoms with van der Waals surface area (Å²) in [4.78, 5) is 4.20. The molecule has 0 atom stereocenters. The van der Waals surface area contributed by atoms with Gasteiger partial charge in [0.1, 0.15) is 0 Å². The maximum atomic E-state index is 5.66. The van der Waals surface area contributed by atoms with Gasteiger partial charge in [-0.05, 0) is 30.3 Å². The molecule has 18 heavy (non-hydrogen) atoms. The Morgan fingerprint density at radius 3 is 2.56 bits per heavy atom. The van der Waals surface area contributed by atoms with Crippen molar-refractivity contribution in [3.05, 3.63) is 48.5 Å². The third-order valence-corrected chi connectivity index (χ3v) is 3.27. The molecule has 3 rings (SSSR count). The van der Waals surface area contributed by atoms with Crippen LogP contribution in [0.25, 0.3) is 10.2 Å². The molecule has 1 heterocycles. The lowest BCUT2D eigenvalue weighted by Crippen LogP contribution is -1.78. The zero-order valence-corrected chi connectivity index (χ0v) is 10.3. The van der Waals surface area contributed by atoms with Gasteiger partial charge in [-0.25, -0.2) is 4.98 Å². The van der Waals surface area contributed by atoms with Crippen LogP contribution in [-0.2, 0) is 0 Å². The molecule has 0 fully saturated rings. The number of benzene rings is 2. The Morgan fingerprint density at radius 2 is 1.72 bits per heavy atom.